The molecule has 1 aliphatic heterocycles. The second kappa shape index (κ2) is 1.95. The summed E-state index contributed by atoms with van der Waals surface area (Å²) in [6, 6.07) is 0.00926. The highest BCUT2D eigenvalue weighted by Gasteiger charge is 2.51. The Balaban J connectivity index is 1.98. The van der Waals surface area contributed by atoms with Crippen molar-refractivity contribution in [3.8, 4) is 0 Å². The summed E-state index contributed by atoms with van der Waals surface area (Å²) in [6.45, 7) is 1.00. The van der Waals surface area contributed by atoms with Gasteiger partial charge in [-0.15, -0.1) is 0 Å². The molecule has 1 heterocycles. The molecule has 1 unspecified atom stereocenters. The number of fused-ring (bicyclic) bond motifs is 1. The third-order valence-electron chi connectivity index (χ3n) is 2.46. The predicted octanol–water partition coefficient (Wildman–Crippen LogP) is -0.233. The van der Waals surface area contributed by atoms with Gasteiger partial charge in [-0.1, -0.05) is 0 Å². The molecular formula is C7H11NO2. The first-order valence-electron chi connectivity index (χ1n) is 3.64. The van der Waals surface area contributed by atoms with Crippen molar-refractivity contribution >= 4 is 5.97 Å². The van der Waals surface area contributed by atoms with E-state index in [0.29, 0.717) is 5.92 Å². The lowest BCUT2D eigenvalue weighted by molar-refractivity contribution is -0.143. The molecular weight excluding hydrogens is 130 g/mol. The van der Waals surface area contributed by atoms with Crippen LogP contribution in [0, 0.1) is 11.8 Å². The summed E-state index contributed by atoms with van der Waals surface area (Å²) in [5.41, 5.74) is 0. The molecule has 0 bridgehead atoms. The number of hydrogen-bond donors (Lipinski definition) is 1. The zero-order valence-corrected chi connectivity index (χ0v) is 5.96. The molecule has 0 aromatic carbocycles. The van der Waals surface area contributed by atoms with E-state index < -0.39 is 0 Å². The van der Waals surface area contributed by atoms with E-state index in [0.717, 1.165) is 12.5 Å². The lowest BCUT2D eigenvalue weighted by Gasteiger charge is -2.08. The van der Waals surface area contributed by atoms with Crippen LogP contribution < -0.4 is 5.32 Å². The Morgan fingerprint density at radius 2 is 2.50 bits per heavy atom. The Kier molecular flexibility index (Phi) is 1.20. The predicted molar refractivity (Wildman–Crippen MR) is 35.4 cm³/mol. The van der Waals surface area contributed by atoms with E-state index >= 15 is 0 Å². The van der Waals surface area contributed by atoms with Crippen LogP contribution in [0.3, 0.4) is 0 Å². The molecule has 56 valence electrons. The molecule has 1 saturated carbocycles. The van der Waals surface area contributed by atoms with Crippen molar-refractivity contribution in [2.24, 2.45) is 11.8 Å². The number of carbonyl (C=O) groups excluding carboxylic acids is 1. The largest absolute Gasteiger partial charge is 0.468 e. The quantitative estimate of drug-likeness (QED) is 0.512. The molecule has 1 saturated heterocycles. The number of ether oxygens (including phenoxy) is 1. The number of rotatable bonds is 1. The van der Waals surface area contributed by atoms with Gasteiger partial charge in [0.2, 0.25) is 0 Å². The summed E-state index contributed by atoms with van der Waals surface area (Å²) in [5.74, 6) is 1.27. The third-order valence-corrected chi connectivity index (χ3v) is 2.46. The minimum Gasteiger partial charge on any atom is -0.468 e. The van der Waals surface area contributed by atoms with E-state index in [1.165, 1.54) is 13.5 Å². The van der Waals surface area contributed by atoms with Crippen LogP contribution in [0.5, 0.6) is 0 Å². The van der Waals surface area contributed by atoms with Crippen LogP contribution in [0.4, 0.5) is 0 Å². The normalized spacial score (nSPS) is 42.7. The lowest BCUT2D eigenvalue weighted by atomic mass is 10.2. The van der Waals surface area contributed by atoms with Crippen molar-refractivity contribution in [3.05, 3.63) is 0 Å². The van der Waals surface area contributed by atoms with Crippen LogP contribution >= 0.6 is 0 Å². The molecule has 3 atom stereocenters. The summed E-state index contributed by atoms with van der Waals surface area (Å²) >= 11 is 0. The van der Waals surface area contributed by atoms with E-state index in [4.69, 9.17) is 0 Å². The number of hydrogen-bond acceptors (Lipinski definition) is 3. The van der Waals surface area contributed by atoms with Gasteiger partial charge in [-0.05, 0) is 24.8 Å². The maximum atomic E-state index is 11.0. The van der Waals surface area contributed by atoms with E-state index in [1.54, 1.807) is 0 Å². The first-order valence-corrected chi connectivity index (χ1v) is 3.64. The Hall–Kier alpha value is -0.570. The second-order valence-corrected chi connectivity index (χ2v) is 3.07. The van der Waals surface area contributed by atoms with Crippen LogP contribution in [0.25, 0.3) is 0 Å². The summed E-state index contributed by atoms with van der Waals surface area (Å²) in [7, 11) is 1.44. The number of piperidine rings is 1. The highest BCUT2D eigenvalue weighted by Crippen LogP contribution is 2.45. The number of nitrogens with one attached hydrogen (secondary N) is 1. The molecule has 2 rings (SSSR count). The molecule has 0 spiro atoms. The molecule has 0 amide bonds. The van der Waals surface area contributed by atoms with Crippen molar-refractivity contribution in [1.29, 1.82) is 0 Å². The van der Waals surface area contributed by atoms with Crippen molar-refractivity contribution in [1.82, 2.24) is 5.32 Å². The average Bonchev–Trinajstić information content (AvgIpc) is 2.62. The van der Waals surface area contributed by atoms with Crippen LogP contribution in [-0.2, 0) is 9.53 Å². The van der Waals surface area contributed by atoms with E-state index in [2.05, 4.69) is 10.1 Å². The lowest BCUT2D eigenvalue weighted by Crippen LogP contribution is -2.35. The Labute approximate surface area is 59.7 Å². The van der Waals surface area contributed by atoms with Gasteiger partial charge in [-0.25, -0.2) is 0 Å². The first-order chi connectivity index (χ1) is 4.83. The van der Waals surface area contributed by atoms with Gasteiger partial charge in [0.15, 0.2) is 0 Å². The minimum absolute atomic E-state index is 0.00926. The highest BCUT2D eigenvalue weighted by molar-refractivity contribution is 5.77. The highest BCUT2D eigenvalue weighted by atomic mass is 16.5. The summed E-state index contributed by atoms with van der Waals surface area (Å²) < 4.78 is 4.63. The Morgan fingerprint density at radius 1 is 1.70 bits per heavy atom. The molecule has 3 nitrogen and oxygen atoms in total. The zero-order valence-electron chi connectivity index (χ0n) is 5.96. The van der Waals surface area contributed by atoms with Crippen LogP contribution in [0.2, 0.25) is 0 Å². The maximum Gasteiger partial charge on any atom is 0.323 e. The summed E-state index contributed by atoms with van der Waals surface area (Å²) in [6.07, 6.45) is 1.22. The van der Waals surface area contributed by atoms with E-state index in [1.807, 2.05) is 0 Å². The number of carbonyl (C=O) groups is 1. The van der Waals surface area contributed by atoms with Crippen molar-refractivity contribution in [3.63, 3.8) is 0 Å². The molecule has 2 aliphatic rings. The molecule has 10 heavy (non-hydrogen) atoms. The third kappa shape index (κ3) is 0.736. The number of esters is 1. The molecule has 2 fully saturated rings. The Morgan fingerprint density at radius 3 is 2.90 bits per heavy atom. The van der Waals surface area contributed by atoms with Gasteiger partial charge in [-0.2, -0.15) is 0 Å². The summed E-state index contributed by atoms with van der Waals surface area (Å²) in [5, 5.41) is 3.13. The topological polar surface area (TPSA) is 38.3 Å². The molecule has 0 aromatic heterocycles. The smallest absolute Gasteiger partial charge is 0.323 e. The first kappa shape index (κ1) is 6.16. The van der Waals surface area contributed by atoms with Gasteiger partial charge in [0.1, 0.15) is 6.04 Å². The molecule has 3 heteroatoms. The van der Waals surface area contributed by atoms with Crippen molar-refractivity contribution in [2.75, 3.05) is 13.7 Å². The minimum atomic E-state index is -0.0926. The zero-order chi connectivity index (χ0) is 7.14. The van der Waals surface area contributed by atoms with Crippen LogP contribution in [-0.4, -0.2) is 25.7 Å². The maximum absolute atomic E-state index is 11.0. The molecule has 1 N–H and O–H groups in total. The standard InChI is InChI=1S/C7H11NO2/c1-10-7(9)6-5-2-4(5)3-8-6/h4-6,8H,2-3H2,1H3/t4-,5+,6?/m0/s1. The monoisotopic (exact) mass is 141 g/mol. The van der Waals surface area contributed by atoms with Crippen molar-refractivity contribution < 1.29 is 9.53 Å². The van der Waals surface area contributed by atoms with E-state index in [-0.39, 0.29) is 12.0 Å². The fourth-order valence-corrected chi connectivity index (χ4v) is 1.73. The van der Waals surface area contributed by atoms with Crippen LogP contribution in [0.1, 0.15) is 6.42 Å². The number of methoxy groups -OCH3 is 1. The van der Waals surface area contributed by atoms with E-state index in [9.17, 15) is 4.79 Å². The van der Waals surface area contributed by atoms with Crippen molar-refractivity contribution in [2.45, 2.75) is 12.5 Å². The van der Waals surface area contributed by atoms with Crippen LogP contribution in [0.15, 0.2) is 0 Å². The van der Waals surface area contributed by atoms with Gasteiger partial charge < -0.3 is 10.1 Å². The van der Waals surface area contributed by atoms with Gasteiger partial charge >= 0.3 is 5.97 Å². The average molecular weight is 141 g/mol. The molecule has 0 radical (unpaired) electrons. The molecule has 1 aliphatic carbocycles. The summed E-state index contributed by atoms with van der Waals surface area (Å²) in [4.78, 5) is 11.0. The van der Waals surface area contributed by atoms with Gasteiger partial charge in [0, 0.05) is 0 Å². The SMILES string of the molecule is COC(=O)C1NC[C@@H]2C[C@@H]12. The fraction of sp³-hybridized carbons (Fsp3) is 0.857. The van der Waals surface area contributed by atoms with Gasteiger partial charge in [0.25, 0.3) is 0 Å². The Bertz CT molecular complexity index is 169. The molecule has 0 aromatic rings. The van der Waals surface area contributed by atoms with Gasteiger partial charge in [-0.3, -0.25) is 4.79 Å². The second-order valence-electron chi connectivity index (χ2n) is 3.07. The fourth-order valence-electron chi connectivity index (χ4n) is 1.73. The van der Waals surface area contributed by atoms with Gasteiger partial charge in [0.05, 0.1) is 7.11 Å².